The van der Waals surface area contributed by atoms with Crippen molar-refractivity contribution in [2.75, 3.05) is 6.61 Å². The van der Waals surface area contributed by atoms with E-state index in [0.29, 0.717) is 34.2 Å². The molecule has 8 nitrogen and oxygen atoms in total. The number of benzene rings is 1. The maximum atomic E-state index is 11.8. The third kappa shape index (κ3) is 5.52. The zero-order chi connectivity index (χ0) is 28.3. The van der Waals surface area contributed by atoms with E-state index in [4.69, 9.17) is 41.8 Å². The molecule has 4 heterocycles. The van der Waals surface area contributed by atoms with Crippen LogP contribution in [0.5, 0.6) is 0 Å². The van der Waals surface area contributed by atoms with Crippen molar-refractivity contribution in [3.63, 3.8) is 0 Å². The molecule has 1 aromatic carbocycles. The van der Waals surface area contributed by atoms with Crippen molar-refractivity contribution in [2.24, 2.45) is 0 Å². The first-order valence-electron chi connectivity index (χ1n) is 13.3. The van der Waals surface area contributed by atoms with Crippen molar-refractivity contribution in [1.82, 2.24) is 14.5 Å². The van der Waals surface area contributed by atoms with Gasteiger partial charge in [0.05, 0.1) is 5.39 Å². The summed E-state index contributed by atoms with van der Waals surface area (Å²) in [4.78, 5) is 8.50. The molecule has 5 rings (SSSR count). The van der Waals surface area contributed by atoms with Gasteiger partial charge in [0.15, 0.2) is 20.3 Å². The highest BCUT2D eigenvalue weighted by atomic mass is 35.5. The lowest BCUT2D eigenvalue weighted by atomic mass is 9.94. The molecule has 0 bridgehead atoms. The van der Waals surface area contributed by atoms with Gasteiger partial charge in [0.1, 0.15) is 41.5 Å². The van der Waals surface area contributed by atoms with Crippen LogP contribution in [0.4, 0.5) is 0 Å². The van der Waals surface area contributed by atoms with Gasteiger partial charge in [-0.25, -0.2) is 9.97 Å². The van der Waals surface area contributed by atoms with Gasteiger partial charge in [0.2, 0.25) is 0 Å². The molecule has 1 N–H and O–H groups in total. The molecule has 0 amide bonds. The second kappa shape index (κ2) is 10.4. The van der Waals surface area contributed by atoms with Crippen LogP contribution in [-0.4, -0.2) is 58.7 Å². The van der Waals surface area contributed by atoms with Gasteiger partial charge in [-0.1, -0.05) is 50.0 Å². The number of hydrogen-bond donors (Lipinski definition) is 1. The molecule has 2 saturated heterocycles. The molecule has 3 aromatic rings. The zero-order valence-corrected chi connectivity index (χ0v) is 26.0. The van der Waals surface area contributed by atoms with Crippen LogP contribution >= 0.6 is 23.2 Å². The molecule has 212 valence electrons. The Balaban J connectivity index is 1.43. The third-order valence-corrected chi connectivity index (χ3v) is 13.2. The van der Waals surface area contributed by atoms with E-state index in [1.54, 1.807) is 6.07 Å². The molecule has 0 unspecified atom stereocenters. The Morgan fingerprint density at radius 1 is 1.13 bits per heavy atom. The Kier molecular flexibility index (Phi) is 7.69. The van der Waals surface area contributed by atoms with Crippen LogP contribution in [0.15, 0.2) is 36.8 Å². The zero-order valence-electron chi connectivity index (χ0n) is 23.4. The molecular weight excluding hydrogens is 557 g/mol. The van der Waals surface area contributed by atoms with E-state index < -0.39 is 44.7 Å². The minimum Gasteiger partial charge on any atom is -0.416 e. The number of halogens is 2. The van der Waals surface area contributed by atoms with Crippen LogP contribution in [0.1, 0.15) is 58.1 Å². The topological polar surface area (TPSA) is 87.9 Å². The summed E-state index contributed by atoms with van der Waals surface area (Å²) in [7, 11) is -1.92. The first-order valence-corrected chi connectivity index (χ1v) is 16.9. The Bertz CT molecular complexity index is 1360. The molecule has 2 aliphatic rings. The van der Waals surface area contributed by atoms with E-state index in [-0.39, 0.29) is 5.04 Å². The molecule has 11 heteroatoms. The fourth-order valence-corrected chi connectivity index (χ4v) is 6.55. The quantitative estimate of drug-likeness (QED) is 0.248. The summed E-state index contributed by atoms with van der Waals surface area (Å²) in [5, 5.41) is 13.6. The average molecular weight is 595 g/mol. The number of nitrogens with zero attached hydrogens (tertiary/aromatic N) is 3. The molecule has 0 saturated carbocycles. The number of aliphatic hydroxyl groups excluding tert-OH is 1. The van der Waals surface area contributed by atoms with Gasteiger partial charge < -0.3 is 28.3 Å². The Hall–Kier alpha value is -1.56. The van der Waals surface area contributed by atoms with Crippen molar-refractivity contribution >= 4 is 42.6 Å². The van der Waals surface area contributed by atoms with Crippen molar-refractivity contribution in [2.45, 2.75) is 95.6 Å². The van der Waals surface area contributed by atoms with Gasteiger partial charge in [-0.05, 0) is 67.7 Å². The summed E-state index contributed by atoms with van der Waals surface area (Å²) in [5.74, 6) is -0.843. The van der Waals surface area contributed by atoms with Crippen molar-refractivity contribution in [3.05, 3.63) is 58.1 Å². The van der Waals surface area contributed by atoms with Crippen LogP contribution in [0.3, 0.4) is 0 Å². The number of aliphatic hydroxyl groups is 1. The number of ether oxygens (including phenoxy) is 3. The highest BCUT2D eigenvalue weighted by Crippen LogP contribution is 2.47. The molecular formula is C28H37Cl2N3O5Si. The minimum absolute atomic E-state index is 0.107. The van der Waals surface area contributed by atoms with Crippen molar-refractivity contribution in [3.8, 4) is 0 Å². The van der Waals surface area contributed by atoms with E-state index in [2.05, 4.69) is 43.8 Å². The summed E-state index contributed by atoms with van der Waals surface area (Å²) in [6.45, 7) is 15.4. The molecule has 2 fully saturated rings. The largest absolute Gasteiger partial charge is 0.416 e. The van der Waals surface area contributed by atoms with Crippen LogP contribution in [0, 0.1) is 0 Å². The normalized spacial score (nSPS) is 25.8. The SMILES string of the molecule is CC1(C)O[C@H]2[C@@H](O1)[C@H](n1ccc3c(Cl)ncnc31)O[C@@H]2[C@@H](O)c1ccc(Cl)cc1CCO[Si](C)(C)C(C)(C)C. The Morgan fingerprint density at radius 3 is 2.56 bits per heavy atom. The molecule has 2 aromatic heterocycles. The van der Waals surface area contributed by atoms with Gasteiger partial charge in [-0.15, -0.1) is 0 Å². The maximum absolute atomic E-state index is 11.8. The van der Waals surface area contributed by atoms with E-state index >= 15 is 0 Å². The highest BCUT2D eigenvalue weighted by Gasteiger charge is 2.58. The molecule has 0 aliphatic carbocycles. The molecule has 39 heavy (non-hydrogen) atoms. The van der Waals surface area contributed by atoms with Gasteiger partial charge in [0, 0.05) is 17.8 Å². The number of rotatable bonds is 7. The third-order valence-electron chi connectivity index (χ3n) is 8.18. The average Bonchev–Trinajstić information content (AvgIpc) is 3.49. The predicted molar refractivity (Wildman–Crippen MR) is 154 cm³/mol. The van der Waals surface area contributed by atoms with Crippen molar-refractivity contribution < 1.29 is 23.7 Å². The van der Waals surface area contributed by atoms with Gasteiger partial charge in [0.25, 0.3) is 0 Å². The number of fused-ring (bicyclic) bond motifs is 2. The van der Waals surface area contributed by atoms with E-state index in [9.17, 15) is 5.11 Å². The molecule has 5 atom stereocenters. The van der Waals surface area contributed by atoms with E-state index in [0.717, 1.165) is 11.1 Å². The highest BCUT2D eigenvalue weighted by molar-refractivity contribution is 6.74. The first-order chi connectivity index (χ1) is 18.2. The fraction of sp³-hybridized carbons (Fsp3) is 0.571. The molecule has 0 radical (unpaired) electrons. The smallest absolute Gasteiger partial charge is 0.191 e. The lowest BCUT2D eigenvalue weighted by molar-refractivity contribution is -0.207. The summed E-state index contributed by atoms with van der Waals surface area (Å²) >= 11 is 12.7. The van der Waals surface area contributed by atoms with Gasteiger partial charge >= 0.3 is 0 Å². The first kappa shape index (κ1) is 28.9. The fourth-order valence-electron chi connectivity index (χ4n) is 5.12. The van der Waals surface area contributed by atoms with Crippen molar-refractivity contribution in [1.29, 1.82) is 0 Å². The van der Waals surface area contributed by atoms with Crippen LogP contribution in [-0.2, 0) is 25.1 Å². The van der Waals surface area contributed by atoms with Crippen LogP contribution < -0.4 is 0 Å². The maximum Gasteiger partial charge on any atom is 0.191 e. The molecule has 2 aliphatic heterocycles. The lowest BCUT2D eigenvalue weighted by Gasteiger charge is -2.36. The second-order valence-corrected chi connectivity index (χ2v) is 17.9. The van der Waals surface area contributed by atoms with Crippen LogP contribution in [0.25, 0.3) is 11.0 Å². The number of aromatic nitrogens is 3. The summed E-state index contributed by atoms with van der Waals surface area (Å²) in [6, 6.07) is 7.39. The minimum atomic E-state index is -1.92. The number of hydrogen-bond acceptors (Lipinski definition) is 7. The standard InChI is InChI=1S/C28H37Cl2N3O5Si/c1-27(2,3)39(6,7)35-13-11-16-14-17(29)8-9-18(16)20(34)21-22-23(38-28(4,5)37-22)26(36-21)33-12-10-19-24(30)31-15-32-25(19)33/h8-10,12,14-15,20-23,26,34H,11,13H2,1-7H3/t20-,21+,22+,23+,26+/m0/s1. The van der Waals surface area contributed by atoms with Crippen LogP contribution in [0.2, 0.25) is 28.3 Å². The summed E-state index contributed by atoms with van der Waals surface area (Å²) in [6.07, 6.45) is 0.632. The Labute approximate surface area is 240 Å². The molecule has 0 spiro atoms. The summed E-state index contributed by atoms with van der Waals surface area (Å²) < 4.78 is 27.4. The lowest BCUT2D eigenvalue weighted by Crippen LogP contribution is -2.41. The Morgan fingerprint density at radius 2 is 1.85 bits per heavy atom. The van der Waals surface area contributed by atoms with E-state index in [1.165, 1.54) is 6.33 Å². The second-order valence-electron chi connectivity index (χ2n) is 12.3. The summed E-state index contributed by atoms with van der Waals surface area (Å²) in [5.41, 5.74) is 2.28. The monoisotopic (exact) mass is 593 g/mol. The van der Waals surface area contributed by atoms with Gasteiger partial charge in [-0.2, -0.15) is 0 Å². The van der Waals surface area contributed by atoms with E-state index in [1.807, 2.05) is 42.8 Å². The predicted octanol–water partition coefficient (Wildman–Crippen LogP) is 6.45. The van der Waals surface area contributed by atoms with Gasteiger partial charge in [-0.3, -0.25) is 0 Å².